The maximum atomic E-state index is 4.88. The van der Waals surface area contributed by atoms with Gasteiger partial charge in [-0.25, -0.2) is 0 Å². The zero-order valence-corrected chi connectivity index (χ0v) is 20.3. The molecule has 160 valence electrons. The van der Waals surface area contributed by atoms with Crippen LogP contribution >= 0.6 is 12.6 Å². The molecule has 0 aromatic heterocycles. The summed E-state index contributed by atoms with van der Waals surface area (Å²) in [5.74, 6) is 4.81. The molecule has 0 spiro atoms. The lowest BCUT2D eigenvalue weighted by molar-refractivity contribution is -0.0962. The van der Waals surface area contributed by atoms with Gasteiger partial charge in [-0.3, -0.25) is 0 Å². The highest BCUT2D eigenvalue weighted by Crippen LogP contribution is 2.67. The van der Waals surface area contributed by atoms with Crippen molar-refractivity contribution in [1.82, 2.24) is 0 Å². The number of hydrogen-bond acceptors (Lipinski definition) is 1. The normalized spacial score (nSPS) is 47.5. The van der Waals surface area contributed by atoms with Crippen LogP contribution in [0.3, 0.4) is 0 Å². The molecule has 0 saturated heterocycles. The van der Waals surface area contributed by atoms with E-state index in [1.807, 2.05) is 5.57 Å². The van der Waals surface area contributed by atoms with Gasteiger partial charge in [-0.2, -0.15) is 12.6 Å². The van der Waals surface area contributed by atoms with Crippen LogP contribution in [0.4, 0.5) is 0 Å². The van der Waals surface area contributed by atoms with Crippen molar-refractivity contribution in [2.75, 3.05) is 0 Å². The van der Waals surface area contributed by atoms with Crippen LogP contribution in [0.15, 0.2) is 11.1 Å². The maximum absolute atomic E-state index is 4.88. The molecule has 0 aromatic rings. The third kappa shape index (κ3) is 3.54. The average Bonchev–Trinajstić information content (AvgIpc) is 2.99. The second kappa shape index (κ2) is 7.97. The lowest BCUT2D eigenvalue weighted by Gasteiger charge is -2.60. The summed E-state index contributed by atoms with van der Waals surface area (Å²) in [5, 5.41) is 0.679. The summed E-state index contributed by atoms with van der Waals surface area (Å²) in [4.78, 5) is 0. The Balaban J connectivity index is 1.52. The highest BCUT2D eigenvalue weighted by Gasteiger charge is 2.58. The Morgan fingerprint density at radius 1 is 1.04 bits per heavy atom. The molecule has 4 rings (SSSR count). The van der Waals surface area contributed by atoms with E-state index in [4.69, 9.17) is 12.6 Å². The van der Waals surface area contributed by atoms with E-state index in [0.717, 1.165) is 29.6 Å². The molecule has 4 saturated carbocycles. The first kappa shape index (κ1) is 21.3. The smallest absolute Gasteiger partial charge is 0.00198 e. The molecule has 3 unspecified atom stereocenters. The molecule has 0 aromatic carbocycles. The SMILES string of the molecule is C/C(CCCC(C)C)=C1/CCC2[C@@H]3CCC4C[C@@H](S)CC[C@]4(C)[C@H]3CCC12C. The Morgan fingerprint density at radius 3 is 2.57 bits per heavy atom. The molecular formula is C27H46S. The van der Waals surface area contributed by atoms with Gasteiger partial charge in [0.25, 0.3) is 0 Å². The molecule has 0 aliphatic heterocycles. The van der Waals surface area contributed by atoms with Gasteiger partial charge in [0.2, 0.25) is 0 Å². The minimum Gasteiger partial charge on any atom is -0.176 e. The number of hydrogen-bond donors (Lipinski definition) is 1. The van der Waals surface area contributed by atoms with Gasteiger partial charge in [-0.1, -0.05) is 45.3 Å². The van der Waals surface area contributed by atoms with Crippen LogP contribution in [0.25, 0.3) is 0 Å². The number of thiol groups is 1. The van der Waals surface area contributed by atoms with E-state index in [2.05, 4.69) is 34.6 Å². The molecule has 7 atom stereocenters. The Bertz CT molecular complexity index is 603. The monoisotopic (exact) mass is 402 g/mol. The summed E-state index contributed by atoms with van der Waals surface area (Å²) in [7, 11) is 0. The van der Waals surface area contributed by atoms with Crippen LogP contribution in [0.2, 0.25) is 0 Å². The Morgan fingerprint density at radius 2 is 1.82 bits per heavy atom. The predicted molar refractivity (Wildman–Crippen MR) is 126 cm³/mol. The highest BCUT2D eigenvalue weighted by molar-refractivity contribution is 7.80. The zero-order chi connectivity index (χ0) is 20.1. The summed E-state index contributed by atoms with van der Waals surface area (Å²) in [6, 6.07) is 0. The van der Waals surface area contributed by atoms with Gasteiger partial charge in [0.1, 0.15) is 0 Å². The molecule has 0 bridgehead atoms. The van der Waals surface area contributed by atoms with Crippen LogP contribution in [-0.2, 0) is 0 Å². The van der Waals surface area contributed by atoms with Crippen molar-refractivity contribution in [1.29, 1.82) is 0 Å². The van der Waals surface area contributed by atoms with Crippen molar-refractivity contribution >= 4 is 12.6 Å². The number of rotatable bonds is 4. The minimum absolute atomic E-state index is 0.535. The third-order valence-corrected chi connectivity index (χ3v) is 10.7. The van der Waals surface area contributed by atoms with Crippen LogP contribution in [0.1, 0.15) is 112 Å². The molecule has 4 aliphatic rings. The van der Waals surface area contributed by atoms with Crippen LogP contribution in [0.5, 0.6) is 0 Å². The molecule has 4 aliphatic carbocycles. The second-order valence-electron chi connectivity index (χ2n) is 12.1. The third-order valence-electron chi connectivity index (χ3n) is 10.3. The molecule has 0 amide bonds. The van der Waals surface area contributed by atoms with Crippen LogP contribution in [-0.4, -0.2) is 5.25 Å². The average molecular weight is 403 g/mol. The molecule has 28 heavy (non-hydrogen) atoms. The summed E-state index contributed by atoms with van der Waals surface area (Å²) in [6.45, 7) is 12.6. The van der Waals surface area contributed by atoms with E-state index in [-0.39, 0.29) is 0 Å². The predicted octanol–water partition coefficient (Wildman–Crippen LogP) is 8.47. The van der Waals surface area contributed by atoms with E-state index in [9.17, 15) is 0 Å². The standard InChI is InChI=1S/C27H46S/c1-18(2)7-6-8-19(3)23-11-12-24-22-10-9-20-17-21(28)13-15-26(20,4)25(22)14-16-27(23,24)5/h18,20-22,24-25,28H,6-17H2,1-5H3/b23-19+/t20?,21-,22-,24?,25-,26-,27?/m0/s1. The zero-order valence-electron chi connectivity index (χ0n) is 19.4. The number of allylic oxidation sites excluding steroid dienone is 2. The Hall–Kier alpha value is 0.0900. The van der Waals surface area contributed by atoms with Gasteiger partial charge in [-0.15, -0.1) is 0 Å². The Labute approximate surface area is 181 Å². The van der Waals surface area contributed by atoms with Crippen molar-refractivity contribution in [3.8, 4) is 0 Å². The quantitative estimate of drug-likeness (QED) is 0.354. The first-order valence-electron chi connectivity index (χ1n) is 12.6. The summed E-state index contributed by atoms with van der Waals surface area (Å²) in [6.07, 6.45) is 17.2. The topological polar surface area (TPSA) is 0 Å². The van der Waals surface area contributed by atoms with E-state index in [1.54, 1.807) is 5.57 Å². The van der Waals surface area contributed by atoms with Gasteiger partial charge in [-0.05, 0) is 118 Å². The van der Waals surface area contributed by atoms with Gasteiger partial charge in [0.15, 0.2) is 0 Å². The molecule has 0 N–H and O–H groups in total. The Kier molecular flexibility index (Phi) is 6.07. The van der Waals surface area contributed by atoms with Crippen molar-refractivity contribution in [3.05, 3.63) is 11.1 Å². The van der Waals surface area contributed by atoms with Gasteiger partial charge in [0.05, 0.1) is 0 Å². The first-order chi connectivity index (χ1) is 13.3. The van der Waals surface area contributed by atoms with E-state index < -0.39 is 0 Å². The fraction of sp³-hybridized carbons (Fsp3) is 0.926. The van der Waals surface area contributed by atoms with Gasteiger partial charge in [0, 0.05) is 5.25 Å². The minimum atomic E-state index is 0.535. The first-order valence-corrected chi connectivity index (χ1v) is 13.1. The highest BCUT2D eigenvalue weighted by atomic mass is 32.1. The fourth-order valence-corrected chi connectivity index (χ4v) is 9.06. The molecule has 1 heteroatoms. The van der Waals surface area contributed by atoms with Crippen molar-refractivity contribution in [3.63, 3.8) is 0 Å². The lowest BCUT2D eigenvalue weighted by atomic mass is 9.45. The van der Waals surface area contributed by atoms with Crippen molar-refractivity contribution in [2.24, 2.45) is 40.4 Å². The molecule has 0 nitrogen and oxygen atoms in total. The van der Waals surface area contributed by atoms with Crippen LogP contribution < -0.4 is 0 Å². The van der Waals surface area contributed by atoms with Gasteiger partial charge >= 0.3 is 0 Å². The van der Waals surface area contributed by atoms with Crippen molar-refractivity contribution in [2.45, 2.75) is 117 Å². The largest absolute Gasteiger partial charge is 0.176 e. The van der Waals surface area contributed by atoms with Crippen LogP contribution in [0, 0.1) is 40.4 Å². The van der Waals surface area contributed by atoms with E-state index in [1.165, 1.54) is 77.0 Å². The summed E-state index contributed by atoms with van der Waals surface area (Å²) in [5.41, 5.74) is 4.85. The number of fused-ring (bicyclic) bond motifs is 5. The van der Waals surface area contributed by atoms with Crippen molar-refractivity contribution < 1.29 is 0 Å². The van der Waals surface area contributed by atoms with E-state index in [0.29, 0.717) is 16.1 Å². The molecule has 0 heterocycles. The molecule has 4 fully saturated rings. The van der Waals surface area contributed by atoms with Gasteiger partial charge < -0.3 is 0 Å². The fourth-order valence-electron chi connectivity index (χ4n) is 8.68. The summed E-state index contributed by atoms with van der Waals surface area (Å²) < 4.78 is 0. The molecule has 0 radical (unpaired) electrons. The lowest BCUT2D eigenvalue weighted by Crippen LogP contribution is -2.53. The maximum Gasteiger partial charge on any atom is 0.00198 e. The summed E-state index contributed by atoms with van der Waals surface area (Å²) >= 11 is 4.88. The van der Waals surface area contributed by atoms with E-state index >= 15 is 0 Å². The second-order valence-corrected chi connectivity index (χ2v) is 12.9. The molecular weight excluding hydrogens is 356 g/mol.